The van der Waals surface area contributed by atoms with Gasteiger partial charge in [-0.3, -0.25) is 4.79 Å². The van der Waals surface area contributed by atoms with Crippen LogP contribution in [0.1, 0.15) is 28.8 Å². The average Bonchev–Trinajstić information content (AvgIpc) is 3.46. The van der Waals surface area contributed by atoms with Crippen LogP contribution in [0.3, 0.4) is 0 Å². The first-order chi connectivity index (χ1) is 12.2. The van der Waals surface area contributed by atoms with Gasteiger partial charge in [-0.05, 0) is 73.8 Å². The first kappa shape index (κ1) is 17.9. The van der Waals surface area contributed by atoms with Crippen LogP contribution in [0, 0.1) is 5.92 Å². The van der Waals surface area contributed by atoms with E-state index in [4.69, 9.17) is 4.74 Å². The van der Waals surface area contributed by atoms with Gasteiger partial charge in [-0.2, -0.15) is 0 Å². The zero-order valence-corrected chi connectivity index (χ0v) is 15.7. The Morgan fingerprint density at radius 3 is 2.32 bits per heavy atom. The van der Waals surface area contributed by atoms with E-state index in [2.05, 4.69) is 27.3 Å². The number of hydrogen-bond donors (Lipinski definition) is 1. The van der Waals surface area contributed by atoms with E-state index in [1.54, 1.807) is 12.1 Å². The van der Waals surface area contributed by atoms with E-state index < -0.39 is 0 Å². The molecule has 0 unspecified atom stereocenters. The molecule has 2 aromatic carbocycles. The van der Waals surface area contributed by atoms with E-state index >= 15 is 0 Å². The highest BCUT2D eigenvalue weighted by atomic mass is 79.9. The van der Waals surface area contributed by atoms with E-state index in [1.807, 2.05) is 42.5 Å². The molecular weight excluding hydrogens is 378 g/mol. The van der Waals surface area contributed by atoms with Gasteiger partial charge in [0.05, 0.1) is 0 Å². The number of carbonyl (C=O) groups is 1. The molecule has 0 bridgehead atoms. The van der Waals surface area contributed by atoms with Crippen LogP contribution in [0.4, 0.5) is 0 Å². The molecule has 0 amide bonds. The first-order valence-corrected chi connectivity index (χ1v) is 9.40. The van der Waals surface area contributed by atoms with Crippen molar-refractivity contribution in [2.75, 3.05) is 19.7 Å². The summed E-state index contributed by atoms with van der Waals surface area (Å²) in [5.41, 5.74) is 1.34. The molecule has 0 spiro atoms. The predicted octanol–water partition coefficient (Wildman–Crippen LogP) is 4.61. The highest BCUT2D eigenvalue weighted by molar-refractivity contribution is 9.10. The minimum absolute atomic E-state index is 0.0145. The lowest BCUT2D eigenvalue weighted by atomic mass is 10.0. The zero-order chi connectivity index (χ0) is 17.5. The Morgan fingerprint density at radius 2 is 1.68 bits per heavy atom. The second kappa shape index (κ2) is 8.97. The summed E-state index contributed by atoms with van der Waals surface area (Å²) in [4.78, 5) is 12.4. The lowest BCUT2D eigenvalue weighted by molar-refractivity contribution is 0.103. The summed E-state index contributed by atoms with van der Waals surface area (Å²) in [6.45, 7) is 2.55. The van der Waals surface area contributed by atoms with E-state index in [0.717, 1.165) is 29.2 Å². The standard InChI is InChI=1S/C21H22BrNO2/c22-19-9-5-17(6-10-19)21(24)18-7-11-20(12-8-18)25-14-2-1-13-23-15-16-3-4-16/h1-2,5-12,16,23H,3-4,13-15H2. The van der Waals surface area contributed by atoms with Gasteiger partial charge >= 0.3 is 0 Å². The molecule has 0 saturated heterocycles. The number of benzene rings is 2. The van der Waals surface area contributed by atoms with Crippen LogP contribution in [-0.2, 0) is 0 Å². The molecule has 25 heavy (non-hydrogen) atoms. The third-order valence-electron chi connectivity index (χ3n) is 4.13. The molecule has 4 heteroatoms. The highest BCUT2D eigenvalue weighted by Gasteiger charge is 2.19. The molecule has 3 rings (SSSR count). The van der Waals surface area contributed by atoms with Crippen molar-refractivity contribution in [2.45, 2.75) is 12.8 Å². The van der Waals surface area contributed by atoms with Crippen molar-refractivity contribution in [1.29, 1.82) is 0 Å². The van der Waals surface area contributed by atoms with Crippen LogP contribution in [0.25, 0.3) is 0 Å². The fourth-order valence-corrected chi connectivity index (χ4v) is 2.72. The average molecular weight is 400 g/mol. The lowest BCUT2D eigenvalue weighted by Gasteiger charge is -2.05. The van der Waals surface area contributed by atoms with E-state index in [1.165, 1.54) is 12.8 Å². The SMILES string of the molecule is O=C(c1ccc(Br)cc1)c1ccc(OCC=CCNCC2CC2)cc1. The minimum atomic E-state index is 0.0145. The quantitative estimate of drug-likeness (QED) is 0.379. The zero-order valence-electron chi connectivity index (χ0n) is 14.1. The molecule has 0 radical (unpaired) electrons. The fourth-order valence-electron chi connectivity index (χ4n) is 2.46. The van der Waals surface area contributed by atoms with E-state index in [0.29, 0.717) is 17.7 Å². The third kappa shape index (κ3) is 5.83. The van der Waals surface area contributed by atoms with Crippen molar-refractivity contribution in [1.82, 2.24) is 5.32 Å². The lowest BCUT2D eigenvalue weighted by Crippen LogP contribution is -2.16. The smallest absolute Gasteiger partial charge is 0.193 e. The highest BCUT2D eigenvalue weighted by Crippen LogP contribution is 2.27. The Kier molecular flexibility index (Phi) is 6.42. The summed E-state index contributed by atoms with van der Waals surface area (Å²) in [6.07, 6.45) is 6.86. The Labute approximate surface area is 157 Å². The monoisotopic (exact) mass is 399 g/mol. The van der Waals surface area contributed by atoms with Gasteiger partial charge in [0.1, 0.15) is 12.4 Å². The number of ether oxygens (including phenoxy) is 1. The Hall–Kier alpha value is -1.91. The maximum absolute atomic E-state index is 12.4. The van der Waals surface area contributed by atoms with E-state index in [-0.39, 0.29) is 5.78 Å². The van der Waals surface area contributed by atoms with Crippen molar-refractivity contribution in [3.8, 4) is 5.75 Å². The van der Waals surface area contributed by atoms with Crippen LogP contribution in [0.15, 0.2) is 65.2 Å². The molecule has 1 aliphatic carbocycles. The van der Waals surface area contributed by atoms with Crippen LogP contribution >= 0.6 is 15.9 Å². The molecule has 1 aliphatic rings. The van der Waals surface area contributed by atoms with Crippen molar-refractivity contribution >= 4 is 21.7 Å². The summed E-state index contributed by atoms with van der Waals surface area (Å²) in [5.74, 6) is 1.69. The Bertz CT molecular complexity index is 719. The topological polar surface area (TPSA) is 38.3 Å². The second-order valence-corrected chi connectivity index (χ2v) is 7.16. The fraction of sp³-hybridized carbons (Fsp3) is 0.286. The van der Waals surface area contributed by atoms with Gasteiger partial charge < -0.3 is 10.1 Å². The summed E-state index contributed by atoms with van der Waals surface area (Å²) in [7, 11) is 0. The number of halogens is 1. The van der Waals surface area contributed by atoms with Gasteiger partial charge in [0.25, 0.3) is 0 Å². The predicted molar refractivity (Wildman–Crippen MR) is 104 cm³/mol. The maximum atomic E-state index is 12.4. The molecule has 1 N–H and O–H groups in total. The minimum Gasteiger partial charge on any atom is -0.490 e. The molecule has 3 nitrogen and oxygen atoms in total. The Morgan fingerprint density at radius 1 is 1.04 bits per heavy atom. The molecule has 0 aliphatic heterocycles. The second-order valence-electron chi connectivity index (χ2n) is 6.24. The van der Waals surface area contributed by atoms with Crippen LogP contribution in [0.5, 0.6) is 5.75 Å². The van der Waals surface area contributed by atoms with Gasteiger partial charge in [-0.15, -0.1) is 0 Å². The van der Waals surface area contributed by atoms with Gasteiger partial charge in [0.15, 0.2) is 5.78 Å². The molecule has 0 atom stereocenters. The largest absolute Gasteiger partial charge is 0.490 e. The summed E-state index contributed by atoms with van der Waals surface area (Å²) < 4.78 is 6.63. The molecule has 1 fully saturated rings. The first-order valence-electron chi connectivity index (χ1n) is 8.61. The number of ketones is 1. The normalized spacial score (nSPS) is 14.0. The van der Waals surface area contributed by atoms with Crippen molar-refractivity contribution in [2.24, 2.45) is 5.92 Å². The van der Waals surface area contributed by atoms with Gasteiger partial charge in [-0.25, -0.2) is 0 Å². The Balaban J connectivity index is 1.44. The van der Waals surface area contributed by atoms with Crippen molar-refractivity contribution in [3.63, 3.8) is 0 Å². The third-order valence-corrected chi connectivity index (χ3v) is 4.66. The summed E-state index contributed by atoms with van der Waals surface area (Å²) >= 11 is 3.38. The summed E-state index contributed by atoms with van der Waals surface area (Å²) in [5, 5.41) is 3.40. The van der Waals surface area contributed by atoms with E-state index in [9.17, 15) is 4.79 Å². The number of rotatable bonds is 9. The van der Waals surface area contributed by atoms with Gasteiger partial charge in [0, 0.05) is 22.1 Å². The van der Waals surface area contributed by atoms with Crippen LogP contribution in [0.2, 0.25) is 0 Å². The molecule has 130 valence electrons. The van der Waals surface area contributed by atoms with Crippen LogP contribution in [-0.4, -0.2) is 25.5 Å². The molecule has 0 aromatic heterocycles. The summed E-state index contributed by atoms with van der Waals surface area (Å²) in [6, 6.07) is 14.7. The number of nitrogens with one attached hydrogen (secondary N) is 1. The number of hydrogen-bond acceptors (Lipinski definition) is 3. The maximum Gasteiger partial charge on any atom is 0.193 e. The van der Waals surface area contributed by atoms with Crippen LogP contribution < -0.4 is 10.1 Å². The van der Waals surface area contributed by atoms with Crippen molar-refractivity contribution < 1.29 is 9.53 Å². The van der Waals surface area contributed by atoms with Gasteiger partial charge in [-0.1, -0.05) is 28.1 Å². The molecular formula is C21H22BrNO2. The number of carbonyl (C=O) groups excluding carboxylic acids is 1. The molecule has 0 heterocycles. The molecule has 2 aromatic rings. The van der Waals surface area contributed by atoms with Gasteiger partial charge in [0.2, 0.25) is 0 Å². The molecule has 1 saturated carbocycles. The van der Waals surface area contributed by atoms with Crippen molar-refractivity contribution in [3.05, 3.63) is 76.3 Å².